The molecule has 2 amide bonds. The molecule has 2 aromatic rings. The van der Waals surface area contributed by atoms with Gasteiger partial charge < -0.3 is 10.4 Å². The molecule has 1 heterocycles. The molecule has 0 unspecified atom stereocenters. The third-order valence-corrected chi connectivity index (χ3v) is 3.69. The number of aliphatic hydroxyl groups excluding tert-OH is 1. The number of benzene rings is 1. The summed E-state index contributed by atoms with van der Waals surface area (Å²) >= 11 is 0. The Labute approximate surface area is 150 Å². The first-order valence-corrected chi connectivity index (χ1v) is 8.51. The predicted octanol–water partition coefficient (Wildman–Crippen LogP) is 0.654. The van der Waals surface area contributed by atoms with Crippen molar-refractivity contribution in [2.75, 3.05) is 18.5 Å². The number of unbranched alkanes of at least 4 members (excludes halogenated alkanes) is 3. The number of carbonyl (C=O) groups is 1. The Kier molecular flexibility index (Phi) is 7.56. The van der Waals surface area contributed by atoms with E-state index < -0.39 is 17.4 Å². The molecule has 0 aliphatic heterocycles. The van der Waals surface area contributed by atoms with Gasteiger partial charge in [-0.2, -0.15) is 4.98 Å². The first-order valence-electron chi connectivity index (χ1n) is 8.51. The average molecular weight is 361 g/mol. The summed E-state index contributed by atoms with van der Waals surface area (Å²) in [5, 5.41) is 13.6. The molecule has 1 aromatic heterocycles. The van der Waals surface area contributed by atoms with Crippen LogP contribution in [0.1, 0.15) is 31.2 Å². The molecule has 0 fully saturated rings. The second-order valence-electron chi connectivity index (χ2n) is 5.76. The maximum Gasteiger partial charge on any atom is 0.355 e. The van der Waals surface area contributed by atoms with E-state index in [1.54, 1.807) is 12.1 Å². The Bertz CT molecular complexity index is 785. The maximum absolute atomic E-state index is 12.1. The maximum atomic E-state index is 12.1. The summed E-state index contributed by atoms with van der Waals surface area (Å²) in [6.07, 6.45) is 3.31. The van der Waals surface area contributed by atoms with Crippen LogP contribution in [0, 0.1) is 0 Å². The Morgan fingerprint density at radius 2 is 1.85 bits per heavy atom. The summed E-state index contributed by atoms with van der Waals surface area (Å²) in [5.41, 5.74) is -0.591. The van der Waals surface area contributed by atoms with E-state index in [0.717, 1.165) is 35.8 Å². The summed E-state index contributed by atoms with van der Waals surface area (Å²) in [6.45, 7) is 0.720. The third kappa shape index (κ3) is 6.17. The highest BCUT2D eigenvalue weighted by atomic mass is 16.3. The number of H-pyrrole nitrogens is 1. The number of rotatable bonds is 9. The number of nitrogens with one attached hydrogen (secondary N) is 3. The van der Waals surface area contributed by atoms with Crippen LogP contribution in [0.25, 0.3) is 0 Å². The van der Waals surface area contributed by atoms with Crippen LogP contribution in [0.4, 0.5) is 10.7 Å². The second kappa shape index (κ2) is 10.1. The van der Waals surface area contributed by atoms with Crippen LogP contribution in [0.2, 0.25) is 0 Å². The minimum absolute atomic E-state index is 0.0995. The molecule has 1 aromatic carbocycles. The van der Waals surface area contributed by atoms with E-state index in [-0.39, 0.29) is 19.1 Å². The fraction of sp³-hybridized carbons (Fsp3) is 0.412. The van der Waals surface area contributed by atoms with E-state index in [9.17, 15) is 14.4 Å². The Morgan fingerprint density at radius 1 is 1.12 bits per heavy atom. The number of urea groups is 1. The number of aromatic nitrogens is 3. The molecule has 0 aliphatic carbocycles. The highest BCUT2D eigenvalue weighted by Crippen LogP contribution is 1.99. The van der Waals surface area contributed by atoms with Gasteiger partial charge in [-0.3, -0.25) is 10.3 Å². The number of nitrogens with zero attached hydrogens (tertiary/aromatic N) is 2. The van der Waals surface area contributed by atoms with Gasteiger partial charge in [0.1, 0.15) is 0 Å². The topological polar surface area (TPSA) is 129 Å². The average Bonchev–Trinajstić information content (AvgIpc) is 2.62. The van der Waals surface area contributed by atoms with Crippen LogP contribution >= 0.6 is 0 Å². The summed E-state index contributed by atoms with van der Waals surface area (Å²) in [6, 6.07) is 8.51. The minimum atomic E-state index is -0.739. The van der Waals surface area contributed by atoms with Crippen LogP contribution in [0.3, 0.4) is 0 Å². The van der Waals surface area contributed by atoms with Gasteiger partial charge in [0.25, 0.3) is 0 Å². The Hall–Kier alpha value is -2.94. The third-order valence-electron chi connectivity index (χ3n) is 3.69. The lowest BCUT2D eigenvalue weighted by Crippen LogP contribution is -2.39. The predicted molar refractivity (Wildman–Crippen MR) is 97.2 cm³/mol. The monoisotopic (exact) mass is 361 g/mol. The van der Waals surface area contributed by atoms with E-state index in [1.807, 2.05) is 18.2 Å². The number of hydrogen-bond donors (Lipinski definition) is 4. The van der Waals surface area contributed by atoms with E-state index in [0.29, 0.717) is 6.54 Å². The smallest absolute Gasteiger partial charge is 0.355 e. The molecular formula is C17H23N5O4. The van der Waals surface area contributed by atoms with Crippen molar-refractivity contribution < 1.29 is 9.90 Å². The van der Waals surface area contributed by atoms with Crippen molar-refractivity contribution >= 4 is 12.0 Å². The van der Waals surface area contributed by atoms with Crippen LogP contribution in [0.15, 0.2) is 39.9 Å². The molecular weight excluding hydrogens is 338 g/mol. The van der Waals surface area contributed by atoms with Gasteiger partial charge in [0.15, 0.2) is 0 Å². The normalized spacial score (nSPS) is 10.5. The zero-order chi connectivity index (χ0) is 18.8. The van der Waals surface area contributed by atoms with Crippen LogP contribution in [0.5, 0.6) is 0 Å². The molecule has 0 atom stereocenters. The largest absolute Gasteiger partial charge is 0.396 e. The summed E-state index contributed by atoms with van der Waals surface area (Å²) < 4.78 is 0.958. The van der Waals surface area contributed by atoms with Crippen molar-refractivity contribution in [3.63, 3.8) is 0 Å². The molecule has 0 bridgehead atoms. The number of hydrogen-bond acceptors (Lipinski definition) is 5. The van der Waals surface area contributed by atoms with Crippen molar-refractivity contribution in [1.82, 2.24) is 19.9 Å². The minimum Gasteiger partial charge on any atom is -0.396 e. The van der Waals surface area contributed by atoms with Gasteiger partial charge in [-0.05, 0) is 18.4 Å². The summed E-state index contributed by atoms with van der Waals surface area (Å²) in [5.74, 6) is -0.193. The lowest BCUT2D eigenvalue weighted by molar-refractivity contribution is 0.251. The summed E-state index contributed by atoms with van der Waals surface area (Å²) in [4.78, 5) is 42.0. The number of aromatic amines is 1. The highest BCUT2D eigenvalue weighted by Gasteiger charge is 2.09. The van der Waals surface area contributed by atoms with Crippen molar-refractivity contribution in [2.45, 2.75) is 32.2 Å². The SMILES string of the molecule is O=C(NCCCCCCO)Nc1nc(=O)n(Cc2ccccc2)c(=O)[nH]1. The van der Waals surface area contributed by atoms with Crippen molar-refractivity contribution in [3.05, 3.63) is 56.9 Å². The van der Waals surface area contributed by atoms with E-state index >= 15 is 0 Å². The van der Waals surface area contributed by atoms with Crippen LogP contribution in [-0.4, -0.2) is 38.8 Å². The summed E-state index contributed by atoms with van der Waals surface area (Å²) in [7, 11) is 0. The second-order valence-corrected chi connectivity index (χ2v) is 5.76. The molecule has 0 radical (unpaired) electrons. The van der Waals surface area contributed by atoms with E-state index in [2.05, 4.69) is 20.6 Å². The van der Waals surface area contributed by atoms with Gasteiger partial charge in [-0.1, -0.05) is 43.2 Å². The number of carbonyl (C=O) groups excluding carboxylic acids is 1. The molecule has 9 nitrogen and oxygen atoms in total. The van der Waals surface area contributed by atoms with E-state index in [4.69, 9.17) is 5.11 Å². The number of anilines is 1. The van der Waals surface area contributed by atoms with Gasteiger partial charge >= 0.3 is 17.4 Å². The molecule has 0 saturated carbocycles. The first-order chi connectivity index (χ1) is 12.6. The Balaban J connectivity index is 1.90. The zero-order valence-corrected chi connectivity index (χ0v) is 14.4. The molecule has 0 spiro atoms. The fourth-order valence-corrected chi connectivity index (χ4v) is 2.35. The van der Waals surface area contributed by atoms with Crippen molar-refractivity contribution in [2.24, 2.45) is 0 Å². The molecule has 9 heteroatoms. The molecule has 2 rings (SSSR count). The lowest BCUT2D eigenvalue weighted by atomic mass is 10.2. The molecule has 0 aliphatic rings. The number of amides is 2. The molecule has 4 N–H and O–H groups in total. The number of aliphatic hydroxyl groups is 1. The van der Waals surface area contributed by atoms with Gasteiger partial charge in [0.2, 0.25) is 5.95 Å². The zero-order valence-electron chi connectivity index (χ0n) is 14.4. The van der Waals surface area contributed by atoms with Gasteiger partial charge in [0, 0.05) is 13.2 Å². The van der Waals surface area contributed by atoms with Crippen LogP contribution < -0.4 is 22.0 Å². The van der Waals surface area contributed by atoms with Gasteiger partial charge in [-0.25, -0.2) is 19.0 Å². The van der Waals surface area contributed by atoms with Gasteiger partial charge in [0.05, 0.1) is 6.54 Å². The lowest BCUT2D eigenvalue weighted by Gasteiger charge is -2.08. The fourth-order valence-electron chi connectivity index (χ4n) is 2.35. The first kappa shape index (κ1) is 19.4. The molecule has 0 saturated heterocycles. The quantitative estimate of drug-likeness (QED) is 0.488. The van der Waals surface area contributed by atoms with Crippen molar-refractivity contribution in [1.29, 1.82) is 0 Å². The van der Waals surface area contributed by atoms with Crippen molar-refractivity contribution in [3.8, 4) is 0 Å². The molecule has 140 valence electrons. The standard InChI is InChI=1S/C17H23N5O4/c23-11-7-2-1-6-10-18-15(24)19-14-20-16(25)22(17(26)21-14)12-13-8-4-3-5-9-13/h3-5,8-9,23H,1-2,6-7,10-12H2,(H3,18,19,20,21,24,25,26). The van der Waals surface area contributed by atoms with E-state index in [1.165, 1.54) is 0 Å². The van der Waals surface area contributed by atoms with Crippen LogP contribution in [-0.2, 0) is 6.54 Å². The molecule has 26 heavy (non-hydrogen) atoms. The highest BCUT2D eigenvalue weighted by molar-refractivity contribution is 5.87. The Morgan fingerprint density at radius 3 is 2.54 bits per heavy atom. The van der Waals surface area contributed by atoms with Gasteiger partial charge in [-0.15, -0.1) is 0 Å².